The smallest absolute Gasteiger partial charge is 0.266 e. The van der Waals surface area contributed by atoms with Crippen LogP contribution in [0.1, 0.15) is 28.9 Å². The van der Waals surface area contributed by atoms with Gasteiger partial charge in [-0.2, -0.15) is 10.2 Å². The molecule has 1 saturated heterocycles. The van der Waals surface area contributed by atoms with Crippen molar-refractivity contribution in [3.63, 3.8) is 0 Å². The van der Waals surface area contributed by atoms with Gasteiger partial charge >= 0.3 is 0 Å². The average molecular weight is 483 g/mol. The molecule has 5 rings (SSSR count). The van der Waals surface area contributed by atoms with Gasteiger partial charge in [-0.15, -0.1) is 0 Å². The molecule has 0 bridgehead atoms. The van der Waals surface area contributed by atoms with Gasteiger partial charge in [0.25, 0.3) is 11.8 Å². The largest absolute Gasteiger partial charge is 0.459 e. The zero-order valence-corrected chi connectivity index (χ0v) is 19.2. The number of nitrogens with one attached hydrogen (secondary N) is 2. The quantitative estimate of drug-likeness (QED) is 0.415. The number of carbonyl (C=O) groups is 2. The van der Waals surface area contributed by atoms with E-state index in [0.29, 0.717) is 54.5 Å². The molecule has 0 saturated carbocycles. The summed E-state index contributed by atoms with van der Waals surface area (Å²) < 4.78 is 11.1. The maximum atomic E-state index is 12.9. The van der Waals surface area contributed by atoms with Crippen molar-refractivity contribution >= 4 is 29.1 Å². The summed E-state index contributed by atoms with van der Waals surface area (Å²) >= 11 is 0. The van der Waals surface area contributed by atoms with Gasteiger partial charge < -0.3 is 24.4 Å². The highest BCUT2D eigenvalue weighted by atomic mass is 16.4. The van der Waals surface area contributed by atoms with E-state index in [1.165, 1.54) is 6.26 Å². The first-order valence-electron chi connectivity index (χ1n) is 11.4. The Morgan fingerprint density at radius 2 is 1.83 bits per heavy atom. The predicted molar refractivity (Wildman–Crippen MR) is 131 cm³/mol. The van der Waals surface area contributed by atoms with Gasteiger partial charge in [-0.3, -0.25) is 14.6 Å². The van der Waals surface area contributed by atoms with E-state index in [2.05, 4.69) is 26.7 Å². The Hall–Kier alpha value is -4.91. The fourth-order valence-electron chi connectivity index (χ4n) is 4.07. The molecule has 36 heavy (non-hydrogen) atoms. The monoisotopic (exact) mass is 482 g/mol. The molecule has 4 aromatic rings. The van der Waals surface area contributed by atoms with Crippen molar-refractivity contribution in [2.75, 3.05) is 28.6 Å². The Labute approximate surface area is 206 Å². The van der Waals surface area contributed by atoms with E-state index < -0.39 is 0 Å². The predicted octanol–water partition coefficient (Wildman–Crippen LogP) is 4.31. The van der Waals surface area contributed by atoms with E-state index in [1.54, 1.807) is 60.9 Å². The summed E-state index contributed by atoms with van der Waals surface area (Å²) in [5.74, 6) is 0.475. The third-order valence-corrected chi connectivity index (χ3v) is 5.93. The van der Waals surface area contributed by atoms with Crippen LogP contribution >= 0.6 is 0 Å². The van der Waals surface area contributed by atoms with E-state index in [1.807, 2.05) is 4.90 Å². The number of carbonyl (C=O) groups excluding carboxylic acids is 2. The minimum Gasteiger partial charge on any atom is -0.459 e. The molecule has 0 atom stereocenters. The highest BCUT2D eigenvalue weighted by Crippen LogP contribution is 2.31. The highest BCUT2D eigenvalue weighted by Gasteiger charge is 2.29. The summed E-state index contributed by atoms with van der Waals surface area (Å²) in [4.78, 5) is 35.6. The molecule has 1 fully saturated rings. The number of anilines is 3. The van der Waals surface area contributed by atoms with Crippen LogP contribution in [0.5, 0.6) is 0 Å². The van der Waals surface area contributed by atoms with Crippen molar-refractivity contribution in [2.45, 2.75) is 12.8 Å². The number of amides is 2. The molecule has 2 amide bonds. The summed E-state index contributed by atoms with van der Waals surface area (Å²) in [6, 6.07) is 15.7. The highest BCUT2D eigenvalue weighted by molar-refractivity contribution is 6.05. The second-order valence-corrected chi connectivity index (χ2v) is 8.28. The Bertz CT molecular complexity index is 1400. The minimum absolute atomic E-state index is 0.115. The van der Waals surface area contributed by atoms with Gasteiger partial charge in [0.2, 0.25) is 17.5 Å². The molecule has 180 valence electrons. The van der Waals surface area contributed by atoms with Crippen LogP contribution in [-0.4, -0.2) is 34.9 Å². The molecular weight excluding hydrogens is 460 g/mol. The lowest BCUT2D eigenvalue weighted by Crippen LogP contribution is -2.38. The fourth-order valence-corrected chi connectivity index (χ4v) is 4.07. The van der Waals surface area contributed by atoms with Gasteiger partial charge in [0.1, 0.15) is 6.07 Å². The average Bonchev–Trinajstić information content (AvgIpc) is 3.60. The normalized spacial score (nSPS) is 13.7. The molecular formula is C26H22N6O4. The number of hydrogen-bond donors (Lipinski definition) is 2. The Morgan fingerprint density at radius 1 is 1.03 bits per heavy atom. The summed E-state index contributed by atoms with van der Waals surface area (Å²) in [7, 11) is 0. The van der Waals surface area contributed by atoms with Crippen molar-refractivity contribution in [3.05, 3.63) is 78.4 Å². The van der Waals surface area contributed by atoms with Crippen LogP contribution in [0.25, 0.3) is 11.7 Å². The maximum Gasteiger partial charge on any atom is 0.266 e. The number of rotatable bonds is 6. The first-order valence-corrected chi connectivity index (χ1v) is 11.4. The van der Waals surface area contributed by atoms with E-state index >= 15 is 0 Å². The summed E-state index contributed by atoms with van der Waals surface area (Å²) in [6.45, 7) is 1.07. The van der Waals surface area contributed by atoms with Crippen LogP contribution < -0.4 is 15.5 Å². The lowest BCUT2D eigenvalue weighted by Gasteiger charge is -2.31. The topological polar surface area (TPSA) is 137 Å². The van der Waals surface area contributed by atoms with E-state index in [9.17, 15) is 14.9 Å². The van der Waals surface area contributed by atoms with Crippen molar-refractivity contribution < 1.29 is 18.4 Å². The SMILES string of the molecule is N#Cc1nc(-c2ccco2)oc1N1CCC(C(=O)Nc2cccc(C(=O)Nc3ccncc3)c2)CC1. The van der Waals surface area contributed by atoms with Crippen molar-refractivity contribution in [1.82, 2.24) is 9.97 Å². The lowest BCUT2D eigenvalue weighted by atomic mass is 9.95. The van der Waals surface area contributed by atoms with E-state index in [4.69, 9.17) is 8.83 Å². The van der Waals surface area contributed by atoms with Crippen LogP contribution in [0.3, 0.4) is 0 Å². The molecule has 10 heteroatoms. The third-order valence-electron chi connectivity index (χ3n) is 5.93. The van der Waals surface area contributed by atoms with Crippen molar-refractivity contribution in [1.29, 1.82) is 5.26 Å². The zero-order valence-electron chi connectivity index (χ0n) is 19.2. The van der Waals surface area contributed by atoms with Crippen molar-refractivity contribution in [2.24, 2.45) is 5.92 Å². The second kappa shape index (κ2) is 10.1. The van der Waals surface area contributed by atoms with Crippen LogP contribution in [0, 0.1) is 17.2 Å². The molecule has 2 N–H and O–H groups in total. The number of nitrogens with zero attached hydrogens (tertiary/aromatic N) is 4. The lowest BCUT2D eigenvalue weighted by molar-refractivity contribution is -0.120. The number of nitriles is 1. The molecule has 0 radical (unpaired) electrons. The number of pyridine rings is 1. The standard InChI is InChI=1S/C26H22N6O4/c27-16-21-26(36-25(31-21)22-5-2-14-35-22)32-12-8-17(9-13-32)23(33)30-20-4-1-3-18(15-20)24(34)29-19-6-10-28-11-7-19/h1-7,10-11,14-15,17H,8-9,12-13H2,(H,30,33)(H,28,29,34). The van der Waals surface area contributed by atoms with Crippen LogP contribution in [0.2, 0.25) is 0 Å². The second-order valence-electron chi connectivity index (χ2n) is 8.28. The molecule has 0 aliphatic carbocycles. The van der Waals surface area contributed by atoms with Gasteiger partial charge in [0.05, 0.1) is 6.26 Å². The summed E-state index contributed by atoms with van der Waals surface area (Å²) in [6.07, 6.45) is 5.86. The fraction of sp³-hybridized carbons (Fsp3) is 0.192. The van der Waals surface area contributed by atoms with Gasteiger partial charge in [-0.05, 0) is 55.3 Å². The molecule has 1 aromatic carbocycles. The zero-order chi connectivity index (χ0) is 24.9. The van der Waals surface area contributed by atoms with Crippen LogP contribution in [0.15, 0.2) is 76.0 Å². The first kappa shape index (κ1) is 22.9. The first-order chi connectivity index (χ1) is 17.6. The van der Waals surface area contributed by atoms with Gasteiger partial charge in [-0.25, -0.2) is 0 Å². The summed E-state index contributed by atoms with van der Waals surface area (Å²) in [5.41, 5.74) is 1.81. The number of hydrogen-bond acceptors (Lipinski definition) is 8. The molecule has 10 nitrogen and oxygen atoms in total. The number of furan rings is 1. The van der Waals surface area contributed by atoms with Crippen LogP contribution in [0.4, 0.5) is 17.3 Å². The van der Waals surface area contributed by atoms with Gasteiger partial charge in [0, 0.05) is 48.3 Å². The number of oxazole rings is 1. The molecule has 1 aliphatic rings. The maximum absolute atomic E-state index is 12.9. The number of piperidine rings is 1. The summed E-state index contributed by atoms with van der Waals surface area (Å²) in [5, 5.41) is 15.2. The molecule has 1 aliphatic heterocycles. The minimum atomic E-state index is -0.278. The number of benzene rings is 1. The number of aromatic nitrogens is 2. The van der Waals surface area contributed by atoms with Crippen LogP contribution in [-0.2, 0) is 4.79 Å². The van der Waals surface area contributed by atoms with Gasteiger partial charge in [0.15, 0.2) is 5.76 Å². The Morgan fingerprint density at radius 3 is 2.56 bits per heavy atom. The Kier molecular flexibility index (Phi) is 6.44. The molecule has 0 unspecified atom stereocenters. The molecule has 0 spiro atoms. The third kappa shape index (κ3) is 4.95. The Balaban J connectivity index is 1.19. The molecule has 3 aromatic heterocycles. The van der Waals surface area contributed by atoms with Gasteiger partial charge in [-0.1, -0.05) is 6.07 Å². The van der Waals surface area contributed by atoms with E-state index in [0.717, 1.165) is 0 Å². The van der Waals surface area contributed by atoms with Crippen molar-refractivity contribution in [3.8, 4) is 17.7 Å². The molecule has 4 heterocycles. The van der Waals surface area contributed by atoms with E-state index in [-0.39, 0.29) is 29.3 Å².